The maximum atomic E-state index is 13.0. The van der Waals surface area contributed by atoms with Gasteiger partial charge in [-0.05, 0) is 42.2 Å². The molecule has 2 aliphatic heterocycles. The number of phenols is 1. The van der Waals surface area contributed by atoms with Gasteiger partial charge in [-0.15, -0.1) is 0 Å². The highest BCUT2D eigenvalue weighted by Crippen LogP contribution is 2.38. The lowest BCUT2D eigenvalue weighted by atomic mass is 9.74. The second-order valence-corrected chi connectivity index (χ2v) is 10.7. The van der Waals surface area contributed by atoms with E-state index in [0.29, 0.717) is 54.3 Å². The largest absolute Gasteiger partial charge is 0.508 e. The molecule has 0 spiro atoms. The number of benzene rings is 2. The fourth-order valence-electron chi connectivity index (χ4n) is 5.07. The second-order valence-electron chi connectivity index (χ2n) is 10.3. The molecule has 2 aromatic carbocycles. The zero-order chi connectivity index (χ0) is 29.4. The van der Waals surface area contributed by atoms with Crippen LogP contribution in [0, 0.1) is 0 Å². The minimum Gasteiger partial charge on any atom is -0.508 e. The summed E-state index contributed by atoms with van der Waals surface area (Å²) < 4.78 is 11.1. The monoisotopic (exact) mass is 589 g/mol. The number of aliphatic hydroxyl groups excluding tert-OH is 1. The number of carboxylic acids is 1. The van der Waals surface area contributed by atoms with Gasteiger partial charge >= 0.3 is 5.97 Å². The molecular weight excluding hydrogens is 554 g/mol. The van der Waals surface area contributed by atoms with Gasteiger partial charge in [0.15, 0.2) is 5.96 Å². The lowest BCUT2D eigenvalue weighted by Gasteiger charge is -2.37. The lowest BCUT2D eigenvalue weighted by molar-refractivity contribution is -0.137. The summed E-state index contributed by atoms with van der Waals surface area (Å²) in [4.78, 5) is 28.9. The van der Waals surface area contributed by atoms with E-state index in [1.54, 1.807) is 19.2 Å². The third-order valence-electron chi connectivity index (χ3n) is 7.12. The van der Waals surface area contributed by atoms with E-state index in [2.05, 4.69) is 26.3 Å². The van der Waals surface area contributed by atoms with Crippen molar-refractivity contribution in [1.82, 2.24) is 10.6 Å². The molecule has 1 saturated heterocycles. The molecule has 2 aromatic rings. The van der Waals surface area contributed by atoms with E-state index in [-0.39, 0.29) is 30.7 Å². The molecule has 0 aliphatic carbocycles. The van der Waals surface area contributed by atoms with Crippen molar-refractivity contribution in [2.24, 2.45) is 4.99 Å². The number of nitrogens with one attached hydrogen (secondary N) is 4. The van der Waals surface area contributed by atoms with Crippen LogP contribution in [0.15, 0.2) is 41.4 Å². The summed E-state index contributed by atoms with van der Waals surface area (Å²) in [6, 6.07) is 9.23. The number of amides is 1. The Morgan fingerprint density at radius 3 is 2.63 bits per heavy atom. The third kappa shape index (κ3) is 8.46. The van der Waals surface area contributed by atoms with Crippen molar-refractivity contribution in [2.45, 2.75) is 36.8 Å². The van der Waals surface area contributed by atoms with Crippen LogP contribution < -0.4 is 21.3 Å². The van der Waals surface area contributed by atoms with Crippen LogP contribution in [0.1, 0.15) is 36.4 Å². The van der Waals surface area contributed by atoms with Gasteiger partial charge in [-0.2, -0.15) is 0 Å². The normalized spacial score (nSPS) is 18.9. The number of aliphatic hydroxyl groups is 1. The first-order valence-corrected chi connectivity index (χ1v) is 13.7. The molecule has 0 radical (unpaired) electrons. The number of aromatic hydroxyl groups is 1. The number of halogens is 1. The number of hydrogen-bond acceptors (Lipinski definition) is 10. The topological polar surface area (TPSA) is 174 Å². The standard InChI is InChI=1S/C28H36ClN5O7/c1-40-16-28(2-4-41-5-3-28)18-6-17(7-19(29)8-18)24(12-26(38)39)34-25(37)15-30-20-9-21(11-22(35)10-20)33-27-31-13-23(36)14-32-27/h6-11,23-24,30,35-36H,2-5,12-16H2,1H3,(H,34,37)(H,38,39)(H2,31,32,33). The van der Waals surface area contributed by atoms with Gasteiger partial charge in [0.05, 0.1) is 38.3 Å². The molecule has 1 fully saturated rings. The van der Waals surface area contributed by atoms with E-state index in [0.717, 1.165) is 18.4 Å². The summed E-state index contributed by atoms with van der Waals surface area (Å²) in [6.07, 6.45) is 0.562. The number of aliphatic imine (C=N–C) groups is 1. The molecule has 2 aliphatic rings. The number of aliphatic carboxylic acids is 1. The number of rotatable bonds is 11. The molecule has 2 atom stereocenters. The molecule has 4 rings (SSSR count). The smallest absolute Gasteiger partial charge is 0.305 e. The molecule has 12 nitrogen and oxygen atoms in total. The number of anilines is 2. The zero-order valence-electron chi connectivity index (χ0n) is 22.8. The zero-order valence-corrected chi connectivity index (χ0v) is 23.5. The molecule has 41 heavy (non-hydrogen) atoms. The Balaban J connectivity index is 1.46. The van der Waals surface area contributed by atoms with Crippen molar-refractivity contribution in [2.75, 3.05) is 57.2 Å². The molecule has 7 N–H and O–H groups in total. The Hall–Kier alpha value is -3.58. The van der Waals surface area contributed by atoms with Crippen LogP contribution in [-0.2, 0) is 24.5 Å². The van der Waals surface area contributed by atoms with E-state index < -0.39 is 24.0 Å². The number of carboxylic acid groups (broad SMARTS) is 1. The van der Waals surface area contributed by atoms with Crippen molar-refractivity contribution in [3.8, 4) is 5.75 Å². The number of β-amino-alcohol motifs (C(OH)–C–C–N with tert-alkyl or cyclic N) is 1. The molecule has 222 valence electrons. The Labute approximate surface area is 243 Å². The first-order valence-electron chi connectivity index (χ1n) is 13.4. The quantitative estimate of drug-likeness (QED) is 0.206. The van der Waals surface area contributed by atoms with Gasteiger partial charge in [-0.1, -0.05) is 17.7 Å². The van der Waals surface area contributed by atoms with Gasteiger partial charge in [-0.3, -0.25) is 14.6 Å². The Kier molecular flexibility index (Phi) is 10.3. The van der Waals surface area contributed by atoms with E-state index in [9.17, 15) is 24.9 Å². The van der Waals surface area contributed by atoms with Gasteiger partial charge in [-0.25, -0.2) is 0 Å². The van der Waals surface area contributed by atoms with Crippen LogP contribution in [-0.4, -0.2) is 85.8 Å². The van der Waals surface area contributed by atoms with Crippen molar-refractivity contribution < 1.29 is 34.4 Å². The fraction of sp³-hybridized carbons (Fsp3) is 0.464. The molecule has 0 aromatic heterocycles. The number of nitrogens with zero attached hydrogens (tertiary/aromatic N) is 1. The maximum Gasteiger partial charge on any atom is 0.305 e. The first-order chi connectivity index (χ1) is 19.7. The summed E-state index contributed by atoms with van der Waals surface area (Å²) >= 11 is 6.50. The van der Waals surface area contributed by atoms with Crippen LogP contribution in [0.4, 0.5) is 11.4 Å². The van der Waals surface area contributed by atoms with E-state index in [4.69, 9.17) is 21.1 Å². The summed E-state index contributed by atoms with van der Waals surface area (Å²) in [7, 11) is 1.64. The summed E-state index contributed by atoms with van der Waals surface area (Å²) in [6.45, 7) is 2.04. The van der Waals surface area contributed by atoms with Crippen molar-refractivity contribution in [3.05, 3.63) is 52.5 Å². The number of phenolic OH excluding ortho intramolecular Hbond substituents is 1. The third-order valence-corrected chi connectivity index (χ3v) is 7.34. The molecule has 1 amide bonds. The van der Waals surface area contributed by atoms with Gasteiger partial charge < -0.3 is 46.1 Å². The van der Waals surface area contributed by atoms with E-state index in [1.807, 2.05) is 12.1 Å². The van der Waals surface area contributed by atoms with Crippen LogP contribution in [0.25, 0.3) is 0 Å². The average molecular weight is 590 g/mol. The van der Waals surface area contributed by atoms with Crippen molar-refractivity contribution >= 4 is 40.8 Å². The van der Waals surface area contributed by atoms with Gasteiger partial charge in [0, 0.05) is 60.8 Å². The minimum absolute atomic E-state index is 0.0392. The highest BCUT2D eigenvalue weighted by atomic mass is 35.5. The average Bonchev–Trinajstić information content (AvgIpc) is 2.93. The predicted molar refractivity (Wildman–Crippen MR) is 155 cm³/mol. The summed E-state index contributed by atoms with van der Waals surface area (Å²) in [5.74, 6) is -1.10. The number of ether oxygens (including phenoxy) is 2. The summed E-state index contributed by atoms with van der Waals surface area (Å²) in [5.41, 5.74) is 2.15. The minimum atomic E-state index is -1.07. The van der Waals surface area contributed by atoms with E-state index >= 15 is 0 Å². The number of carbonyl (C=O) groups is 2. The maximum absolute atomic E-state index is 13.0. The predicted octanol–water partition coefficient (Wildman–Crippen LogP) is 2.22. The van der Waals surface area contributed by atoms with Crippen LogP contribution >= 0.6 is 11.6 Å². The van der Waals surface area contributed by atoms with Gasteiger partial charge in [0.25, 0.3) is 0 Å². The molecule has 13 heteroatoms. The van der Waals surface area contributed by atoms with Crippen LogP contribution in [0.2, 0.25) is 5.02 Å². The summed E-state index contributed by atoms with van der Waals surface area (Å²) in [5, 5.41) is 41.5. The van der Waals surface area contributed by atoms with Crippen LogP contribution in [0.5, 0.6) is 5.75 Å². The highest BCUT2D eigenvalue weighted by molar-refractivity contribution is 6.30. The second kappa shape index (κ2) is 13.9. The van der Waals surface area contributed by atoms with Gasteiger partial charge in [0.2, 0.25) is 5.91 Å². The van der Waals surface area contributed by atoms with E-state index in [1.165, 1.54) is 12.1 Å². The highest BCUT2D eigenvalue weighted by Gasteiger charge is 2.35. The number of methoxy groups -OCH3 is 1. The number of guanidine groups is 1. The number of hydrogen-bond donors (Lipinski definition) is 7. The molecule has 2 heterocycles. The molecular formula is C28H36ClN5O7. The SMILES string of the molecule is COCC1(c2cc(Cl)cc(C(CC(=O)O)NC(=O)CNc3cc(O)cc(NC4=NCC(O)CN4)c3)c2)CCOCC1. The Bertz CT molecular complexity index is 1260. The van der Waals surface area contributed by atoms with Gasteiger partial charge in [0.1, 0.15) is 5.75 Å². The molecule has 2 unspecified atom stereocenters. The number of carbonyl (C=O) groups excluding carboxylic acids is 1. The molecule has 0 bridgehead atoms. The Morgan fingerprint density at radius 1 is 1.20 bits per heavy atom. The lowest BCUT2D eigenvalue weighted by Crippen LogP contribution is -2.42. The molecule has 0 saturated carbocycles. The van der Waals surface area contributed by atoms with Crippen LogP contribution in [0.3, 0.4) is 0 Å². The van der Waals surface area contributed by atoms with Crippen molar-refractivity contribution in [1.29, 1.82) is 0 Å². The van der Waals surface area contributed by atoms with Crippen molar-refractivity contribution in [3.63, 3.8) is 0 Å². The Morgan fingerprint density at radius 2 is 1.95 bits per heavy atom. The first kappa shape index (κ1) is 30.4. The fourth-order valence-corrected chi connectivity index (χ4v) is 5.31.